The smallest absolute Gasteiger partial charge is 0.335 e. The zero-order chi connectivity index (χ0) is 19.4. The summed E-state index contributed by atoms with van der Waals surface area (Å²) >= 11 is 0. The lowest BCUT2D eigenvalue weighted by Gasteiger charge is -2.29. The minimum Gasteiger partial charge on any atom is -0.482 e. The summed E-state index contributed by atoms with van der Waals surface area (Å²) in [5, 5.41) is 11.7. The van der Waals surface area contributed by atoms with Crippen LogP contribution in [0.25, 0.3) is 0 Å². The number of carbonyl (C=O) groups is 3. The van der Waals surface area contributed by atoms with Crippen LogP contribution in [0.15, 0.2) is 42.5 Å². The molecule has 0 bridgehead atoms. The summed E-state index contributed by atoms with van der Waals surface area (Å²) in [5.74, 6) is -0.716. The number of carboxylic acid groups (broad SMARTS) is 1. The molecule has 7 heteroatoms. The number of hydrogen-bond acceptors (Lipinski definition) is 4. The van der Waals surface area contributed by atoms with Crippen LogP contribution in [0, 0.1) is 6.92 Å². The van der Waals surface area contributed by atoms with Gasteiger partial charge in [0.15, 0.2) is 6.61 Å². The standard InChI is InChI=1S/C20H20N2O5/c1-13-2-7-17-16(10-13)22(19(24)12-27-17)9-8-18(23)21-11-14-3-5-15(6-4-14)20(25)26/h2-7,10H,8-9,11-12H2,1H3,(H,21,23)(H,25,26). The van der Waals surface area contributed by atoms with Gasteiger partial charge in [0.05, 0.1) is 11.3 Å². The Balaban J connectivity index is 1.55. The second-order valence-corrected chi connectivity index (χ2v) is 6.33. The van der Waals surface area contributed by atoms with E-state index in [-0.39, 0.29) is 37.0 Å². The lowest BCUT2D eigenvalue weighted by atomic mass is 10.1. The average molecular weight is 368 g/mol. The van der Waals surface area contributed by atoms with Crippen molar-refractivity contribution in [3.05, 3.63) is 59.2 Å². The van der Waals surface area contributed by atoms with Gasteiger partial charge in [-0.2, -0.15) is 0 Å². The van der Waals surface area contributed by atoms with Crippen molar-refractivity contribution in [2.24, 2.45) is 0 Å². The molecule has 2 amide bonds. The van der Waals surface area contributed by atoms with Crippen LogP contribution in [-0.4, -0.2) is 36.0 Å². The highest BCUT2D eigenvalue weighted by molar-refractivity contribution is 5.98. The molecule has 0 aromatic heterocycles. The first-order chi connectivity index (χ1) is 12.9. The van der Waals surface area contributed by atoms with Gasteiger partial charge in [0, 0.05) is 19.5 Å². The summed E-state index contributed by atoms with van der Waals surface area (Å²) in [4.78, 5) is 36.7. The summed E-state index contributed by atoms with van der Waals surface area (Å²) in [7, 11) is 0. The minimum atomic E-state index is -0.990. The van der Waals surface area contributed by atoms with Crippen LogP contribution >= 0.6 is 0 Å². The Bertz CT molecular complexity index is 876. The van der Waals surface area contributed by atoms with Crippen LogP contribution in [0.2, 0.25) is 0 Å². The van der Waals surface area contributed by atoms with E-state index in [1.807, 2.05) is 25.1 Å². The SMILES string of the molecule is Cc1ccc2c(c1)N(CCC(=O)NCc1ccc(C(=O)O)cc1)C(=O)CO2. The average Bonchev–Trinajstić information content (AvgIpc) is 2.66. The molecule has 0 radical (unpaired) electrons. The Labute approximate surface area is 156 Å². The normalized spacial score (nSPS) is 12.9. The molecule has 0 unspecified atom stereocenters. The van der Waals surface area contributed by atoms with Crippen molar-refractivity contribution in [3.63, 3.8) is 0 Å². The summed E-state index contributed by atoms with van der Waals surface area (Å²) < 4.78 is 5.43. The quantitative estimate of drug-likeness (QED) is 0.814. The van der Waals surface area contributed by atoms with Crippen LogP contribution in [0.1, 0.15) is 27.9 Å². The van der Waals surface area contributed by atoms with Gasteiger partial charge >= 0.3 is 5.97 Å². The van der Waals surface area contributed by atoms with Gasteiger partial charge < -0.3 is 20.1 Å². The fraction of sp³-hybridized carbons (Fsp3) is 0.250. The molecule has 1 heterocycles. The second-order valence-electron chi connectivity index (χ2n) is 6.33. The van der Waals surface area contributed by atoms with Crippen molar-refractivity contribution in [2.75, 3.05) is 18.1 Å². The lowest BCUT2D eigenvalue weighted by Crippen LogP contribution is -2.41. The third kappa shape index (κ3) is 4.44. The molecule has 1 aliphatic rings. The summed E-state index contributed by atoms with van der Waals surface area (Å²) in [6.07, 6.45) is 0.159. The minimum absolute atomic E-state index is 0.0341. The Morgan fingerprint density at radius 2 is 1.93 bits per heavy atom. The summed E-state index contributed by atoms with van der Waals surface area (Å²) in [5.41, 5.74) is 2.69. The maximum atomic E-state index is 12.2. The molecule has 0 spiro atoms. The fourth-order valence-electron chi connectivity index (χ4n) is 2.82. The predicted octanol–water partition coefficient (Wildman–Crippen LogP) is 2.13. The number of hydrogen-bond donors (Lipinski definition) is 2. The fourth-order valence-corrected chi connectivity index (χ4v) is 2.82. The number of rotatable bonds is 6. The third-order valence-electron chi connectivity index (χ3n) is 4.31. The molecule has 7 nitrogen and oxygen atoms in total. The second kappa shape index (κ2) is 7.90. The van der Waals surface area contributed by atoms with E-state index in [1.54, 1.807) is 17.0 Å². The van der Waals surface area contributed by atoms with Crippen LogP contribution in [0.5, 0.6) is 5.75 Å². The maximum absolute atomic E-state index is 12.2. The van der Waals surface area contributed by atoms with E-state index in [9.17, 15) is 14.4 Å². The number of ether oxygens (including phenoxy) is 1. The number of aryl methyl sites for hydroxylation is 1. The van der Waals surface area contributed by atoms with Crippen LogP contribution in [0.4, 0.5) is 5.69 Å². The van der Waals surface area contributed by atoms with Crippen LogP contribution in [-0.2, 0) is 16.1 Å². The molecule has 0 fully saturated rings. The number of fused-ring (bicyclic) bond motifs is 1. The highest BCUT2D eigenvalue weighted by atomic mass is 16.5. The number of nitrogens with one attached hydrogen (secondary N) is 1. The van der Waals surface area contributed by atoms with Crippen LogP contribution < -0.4 is 15.0 Å². The number of nitrogens with zero attached hydrogens (tertiary/aromatic N) is 1. The molecule has 2 N–H and O–H groups in total. The van der Waals surface area contributed by atoms with Gasteiger partial charge in [-0.15, -0.1) is 0 Å². The van der Waals surface area contributed by atoms with Crippen molar-refractivity contribution in [1.82, 2.24) is 5.32 Å². The van der Waals surface area contributed by atoms with E-state index in [1.165, 1.54) is 12.1 Å². The first-order valence-electron chi connectivity index (χ1n) is 8.57. The Kier molecular flexibility index (Phi) is 5.40. The molecule has 0 atom stereocenters. The molecule has 27 heavy (non-hydrogen) atoms. The maximum Gasteiger partial charge on any atom is 0.335 e. The highest BCUT2D eigenvalue weighted by Crippen LogP contribution is 2.32. The zero-order valence-corrected chi connectivity index (χ0v) is 14.9. The van der Waals surface area contributed by atoms with E-state index in [0.717, 1.165) is 11.1 Å². The van der Waals surface area contributed by atoms with E-state index >= 15 is 0 Å². The first-order valence-corrected chi connectivity index (χ1v) is 8.57. The highest BCUT2D eigenvalue weighted by Gasteiger charge is 2.25. The van der Waals surface area contributed by atoms with E-state index in [0.29, 0.717) is 18.0 Å². The number of anilines is 1. The molecule has 0 saturated carbocycles. The van der Waals surface area contributed by atoms with E-state index in [2.05, 4.69) is 5.32 Å². The van der Waals surface area contributed by atoms with Gasteiger partial charge in [-0.3, -0.25) is 9.59 Å². The Morgan fingerprint density at radius 3 is 2.63 bits per heavy atom. The van der Waals surface area contributed by atoms with Crippen molar-refractivity contribution in [1.29, 1.82) is 0 Å². The van der Waals surface area contributed by atoms with Gasteiger partial charge in [-0.25, -0.2) is 4.79 Å². The lowest BCUT2D eigenvalue weighted by molar-refractivity contribution is -0.122. The largest absolute Gasteiger partial charge is 0.482 e. The molecule has 0 saturated heterocycles. The molecular formula is C20H20N2O5. The number of carbonyl (C=O) groups excluding carboxylic acids is 2. The summed E-state index contributed by atoms with van der Waals surface area (Å²) in [6, 6.07) is 11.9. The molecular weight excluding hydrogens is 348 g/mol. The van der Waals surface area contributed by atoms with Crippen LogP contribution in [0.3, 0.4) is 0 Å². The topological polar surface area (TPSA) is 95.9 Å². The van der Waals surface area contributed by atoms with Crippen molar-refractivity contribution in [2.45, 2.75) is 19.9 Å². The van der Waals surface area contributed by atoms with Gasteiger partial charge in [0.2, 0.25) is 5.91 Å². The molecule has 3 rings (SSSR count). The number of aromatic carboxylic acids is 1. The summed E-state index contributed by atoms with van der Waals surface area (Å²) in [6.45, 7) is 2.46. The van der Waals surface area contributed by atoms with Gasteiger partial charge in [-0.05, 0) is 42.3 Å². The molecule has 0 aliphatic carbocycles. The Morgan fingerprint density at radius 1 is 1.19 bits per heavy atom. The number of benzene rings is 2. The van der Waals surface area contributed by atoms with Crippen molar-refractivity contribution >= 4 is 23.5 Å². The van der Waals surface area contributed by atoms with Crippen molar-refractivity contribution < 1.29 is 24.2 Å². The molecule has 2 aromatic carbocycles. The predicted molar refractivity (Wildman–Crippen MR) is 98.9 cm³/mol. The molecule has 140 valence electrons. The van der Waals surface area contributed by atoms with Gasteiger partial charge in [0.1, 0.15) is 5.75 Å². The molecule has 2 aromatic rings. The third-order valence-corrected chi connectivity index (χ3v) is 4.31. The Hall–Kier alpha value is -3.35. The first kappa shape index (κ1) is 18.4. The van der Waals surface area contributed by atoms with E-state index in [4.69, 9.17) is 9.84 Å². The van der Waals surface area contributed by atoms with E-state index < -0.39 is 5.97 Å². The monoisotopic (exact) mass is 368 g/mol. The number of carboxylic acids is 1. The van der Waals surface area contributed by atoms with Gasteiger partial charge in [-0.1, -0.05) is 18.2 Å². The number of amides is 2. The zero-order valence-electron chi connectivity index (χ0n) is 14.9. The molecule has 1 aliphatic heterocycles. The van der Waals surface area contributed by atoms with Gasteiger partial charge in [0.25, 0.3) is 5.91 Å². The van der Waals surface area contributed by atoms with Crippen molar-refractivity contribution in [3.8, 4) is 5.75 Å².